The van der Waals surface area contributed by atoms with Gasteiger partial charge in [-0.3, -0.25) is 4.79 Å². The van der Waals surface area contributed by atoms with Gasteiger partial charge in [-0.25, -0.2) is 9.59 Å². The molecule has 0 radical (unpaired) electrons. The molecular formula is C17H22N2O5. The summed E-state index contributed by atoms with van der Waals surface area (Å²) in [5, 5.41) is 0. The van der Waals surface area contributed by atoms with E-state index in [1.807, 2.05) is 0 Å². The average Bonchev–Trinajstić information content (AvgIpc) is 2.47. The van der Waals surface area contributed by atoms with Gasteiger partial charge in [0.1, 0.15) is 5.60 Å². The number of rotatable bonds is 3. The summed E-state index contributed by atoms with van der Waals surface area (Å²) < 4.78 is 5.24. The molecule has 2 rings (SSSR count). The predicted molar refractivity (Wildman–Crippen MR) is 85.9 cm³/mol. The number of nitrogens with one attached hydrogen (secondary N) is 1. The Morgan fingerprint density at radius 2 is 1.79 bits per heavy atom. The number of nitrogens with zero attached hydrogens (tertiary/aromatic N) is 1. The van der Waals surface area contributed by atoms with Gasteiger partial charge in [0.05, 0.1) is 5.56 Å². The summed E-state index contributed by atoms with van der Waals surface area (Å²) in [5.74, 6) is -0.978. The van der Waals surface area contributed by atoms with E-state index in [0.29, 0.717) is 18.7 Å². The smallest absolute Gasteiger partial charge is 0.410 e. The number of amides is 2. The summed E-state index contributed by atoms with van der Waals surface area (Å²) in [6.45, 7) is 6.31. The third-order valence-electron chi connectivity index (χ3n) is 3.35. The maximum absolute atomic E-state index is 11.8. The van der Waals surface area contributed by atoms with E-state index in [-0.39, 0.29) is 18.4 Å². The Balaban J connectivity index is 1.66. The summed E-state index contributed by atoms with van der Waals surface area (Å²) in [7, 11) is 0. The summed E-state index contributed by atoms with van der Waals surface area (Å²) in [4.78, 5) is 41.5. The van der Waals surface area contributed by atoms with E-state index in [2.05, 4.69) is 5.48 Å². The van der Waals surface area contributed by atoms with Crippen molar-refractivity contribution in [2.75, 3.05) is 13.1 Å². The molecule has 0 unspecified atom stereocenters. The van der Waals surface area contributed by atoms with Gasteiger partial charge in [0.2, 0.25) is 0 Å². The molecule has 1 fully saturated rings. The van der Waals surface area contributed by atoms with Crippen LogP contribution in [0.25, 0.3) is 0 Å². The number of hydrogen-bond donors (Lipinski definition) is 1. The van der Waals surface area contributed by atoms with Crippen molar-refractivity contribution in [3.63, 3.8) is 0 Å². The summed E-state index contributed by atoms with van der Waals surface area (Å²) >= 11 is 0. The molecule has 7 heteroatoms. The van der Waals surface area contributed by atoms with E-state index < -0.39 is 17.5 Å². The maximum atomic E-state index is 11.8. The topological polar surface area (TPSA) is 84.9 Å². The largest absolute Gasteiger partial charge is 0.444 e. The molecule has 0 aromatic heterocycles. The Kier molecular flexibility index (Phi) is 5.43. The zero-order valence-corrected chi connectivity index (χ0v) is 14.1. The van der Waals surface area contributed by atoms with Gasteiger partial charge in [-0.1, -0.05) is 18.2 Å². The molecule has 1 aliphatic heterocycles. The molecule has 0 aliphatic carbocycles. The van der Waals surface area contributed by atoms with E-state index in [9.17, 15) is 14.4 Å². The highest BCUT2D eigenvalue weighted by Gasteiger charge is 2.34. The average molecular weight is 334 g/mol. The standard InChI is InChI=1S/C17H22N2O5/c1-17(2,3)23-16(22)19-10-12(11-19)9-14(20)18-24-15(21)13-7-5-4-6-8-13/h4-8,12H,9-11H2,1-3H3,(H,18,20). The quantitative estimate of drug-likeness (QED) is 0.856. The van der Waals surface area contributed by atoms with Gasteiger partial charge in [0.15, 0.2) is 0 Å². The van der Waals surface area contributed by atoms with Crippen molar-refractivity contribution >= 4 is 18.0 Å². The minimum absolute atomic E-state index is 0.0351. The predicted octanol–water partition coefficient (Wildman–Crippen LogP) is 2.13. The van der Waals surface area contributed by atoms with Gasteiger partial charge >= 0.3 is 12.1 Å². The van der Waals surface area contributed by atoms with Crippen molar-refractivity contribution in [1.29, 1.82) is 0 Å². The number of hydroxylamine groups is 1. The second kappa shape index (κ2) is 7.33. The zero-order valence-electron chi connectivity index (χ0n) is 14.1. The van der Waals surface area contributed by atoms with Crippen LogP contribution < -0.4 is 5.48 Å². The van der Waals surface area contributed by atoms with Crippen LogP contribution in [-0.4, -0.2) is 41.6 Å². The third kappa shape index (κ3) is 5.26. The Morgan fingerprint density at radius 1 is 1.17 bits per heavy atom. The highest BCUT2D eigenvalue weighted by molar-refractivity contribution is 5.90. The molecule has 1 saturated heterocycles. The first-order chi connectivity index (χ1) is 11.2. The minimum atomic E-state index is -0.618. The molecule has 1 aromatic carbocycles. The van der Waals surface area contributed by atoms with E-state index >= 15 is 0 Å². The van der Waals surface area contributed by atoms with Crippen molar-refractivity contribution in [3.05, 3.63) is 35.9 Å². The lowest BCUT2D eigenvalue weighted by Gasteiger charge is -2.39. The molecule has 2 amide bonds. The van der Waals surface area contributed by atoms with Crippen LogP contribution in [0.5, 0.6) is 0 Å². The fraction of sp³-hybridized carbons (Fsp3) is 0.471. The Hall–Kier alpha value is -2.57. The normalized spacial score (nSPS) is 14.5. The SMILES string of the molecule is CC(C)(C)OC(=O)N1CC(CC(=O)NOC(=O)c2ccccc2)C1. The van der Waals surface area contributed by atoms with Gasteiger partial charge in [0, 0.05) is 25.4 Å². The summed E-state index contributed by atoms with van der Waals surface area (Å²) in [6, 6.07) is 8.39. The molecule has 7 nitrogen and oxygen atoms in total. The molecule has 130 valence electrons. The first-order valence-corrected chi connectivity index (χ1v) is 7.77. The molecule has 0 saturated carbocycles. The summed E-state index contributed by atoms with van der Waals surface area (Å²) in [5.41, 5.74) is 1.96. The first kappa shape index (κ1) is 17.8. The van der Waals surface area contributed by atoms with Crippen molar-refractivity contribution in [2.45, 2.75) is 32.8 Å². The van der Waals surface area contributed by atoms with Crippen molar-refractivity contribution in [2.24, 2.45) is 5.92 Å². The second-order valence-electron chi connectivity index (χ2n) is 6.74. The Morgan fingerprint density at radius 3 is 2.38 bits per heavy atom. The van der Waals surface area contributed by atoms with Crippen molar-refractivity contribution < 1.29 is 24.0 Å². The number of likely N-dealkylation sites (tertiary alicyclic amines) is 1. The van der Waals surface area contributed by atoms with Crippen molar-refractivity contribution in [3.8, 4) is 0 Å². The molecule has 0 bridgehead atoms. The first-order valence-electron chi connectivity index (χ1n) is 7.77. The number of hydrogen-bond acceptors (Lipinski definition) is 5. The molecule has 0 atom stereocenters. The molecule has 1 aromatic rings. The van der Waals surface area contributed by atoms with Crippen LogP contribution in [0, 0.1) is 5.92 Å². The number of carbonyl (C=O) groups excluding carboxylic acids is 3. The van der Waals surface area contributed by atoms with E-state index in [1.54, 1.807) is 56.0 Å². The monoisotopic (exact) mass is 334 g/mol. The molecular weight excluding hydrogens is 312 g/mol. The maximum Gasteiger partial charge on any atom is 0.410 e. The fourth-order valence-electron chi connectivity index (χ4n) is 2.21. The van der Waals surface area contributed by atoms with Gasteiger partial charge in [-0.15, -0.1) is 0 Å². The minimum Gasteiger partial charge on any atom is -0.444 e. The van der Waals surface area contributed by atoms with E-state index in [0.717, 1.165) is 0 Å². The fourth-order valence-corrected chi connectivity index (χ4v) is 2.21. The molecule has 0 spiro atoms. The van der Waals surface area contributed by atoms with Gasteiger partial charge < -0.3 is 14.5 Å². The molecule has 1 N–H and O–H groups in total. The molecule has 24 heavy (non-hydrogen) atoms. The van der Waals surface area contributed by atoms with Crippen LogP contribution in [0.15, 0.2) is 30.3 Å². The lowest BCUT2D eigenvalue weighted by Crippen LogP contribution is -2.52. The van der Waals surface area contributed by atoms with Gasteiger partial charge in [-0.05, 0) is 32.9 Å². The highest BCUT2D eigenvalue weighted by atomic mass is 16.7. The van der Waals surface area contributed by atoms with Crippen LogP contribution in [0.1, 0.15) is 37.6 Å². The number of ether oxygens (including phenoxy) is 1. The van der Waals surface area contributed by atoms with E-state index in [4.69, 9.17) is 9.57 Å². The second-order valence-corrected chi connectivity index (χ2v) is 6.74. The number of benzene rings is 1. The van der Waals surface area contributed by atoms with Crippen LogP contribution >= 0.6 is 0 Å². The Labute approximate surface area is 140 Å². The van der Waals surface area contributed by atoms with Crippen LogP contribution in [0.2, 0.25) is 0 Å². The van der Waals surface area contributed by atoms with E-state index in [1.165, 1.54) is 0 Å². The van der Waals surface area contributed by atoms with Crippen LogP contribution in [-0.2, 0) is 14.4 Å². The Bertz CT molecular complexity index is 603. The number of carbonyl (C=O) groups is 3. The lowest BCUT2D eigenvalue weighted by atomic mass is 9.97. The van der Waals surface area contributed by atoms with Crippen molar-refractivity contribution in [1.82, 2.24) is 10.4 Å². The molecule has 1 heterocycles. The van der Waals surface area contributed by atoms with Gasteiger partial charge in [0.25, 0.3) is 5.91 Å². The lowest BCUT2D eigenvalue weighted by molar-refractivity contribution is -0.132. The van der Waals surface area contributed by atoms with Crippen LogP contribution in [0.4, 0.5) is 4.79 Å². The van der Waals surface area contributed by atoms with Gasteiger partial charge in [-0.2, -0.15) is 5.48 Å². The van der Waals surface area contributed by atoms with Crippen LogP contribution in [0.3, 0.4) is 0 Å². The molecule has 1 aliphatic rings. The summed E-state index contributed by atoms with van der Waals surface area (Å²) in [6.07, 6.45) is -0.198. The zero-order chi connectivity index (χ0) is 17.7. The third-order valence-corrected chi connectivity index (χ3v) is 3.35. The highest BCUT2D eigenvalue weighted by Crippen LogP contribution is 2.21.